The Morgan fingerprint density at radius 2 is 2.14 bits per heavy atom. The lowest BCUT2D eigenvalue weighted by atomic mass is 10.1. The summed E-state index contributed by atoms with van der Waals surface area (Å²) >= 11 is 12.2. The molecule has 1 atom stereocenters. The lowest BCUT2D eigenvalue weighted by Gasteiger charge is -2.13. The second-order valence-corrected chi connectivity index (χ2v) is 5.82. The van der Waals surface area contributed by atoms with Crippen molar-refractivity contribution in [2.45, 2.75) is 13.5 Å². The van der Waals surface area contributed by atoms with Crippen molar-refractivity contribution in [2.75, 3.05) is 18.9 Å². The minimum Gasteiger partial charge on any atom is -0.319 e. The van der Waals surface area contributed by atoms with E-state index < -0.39 is 0 Å². The van der Waals surface area contributed by atoms with Gasteiger partial charge in [-0.1, -0.05) is 42.3 Å². The summed E-state index contributed by atoms with van der Waals surface area (Å²) < 4.78 is 1.68. The fraction of sp³-hybridized carbons (Fsp3) is 0.333. The molecule has 1 aromatic heterocycles. The third-order valence-electron chi connectivity index (χ3n) is 3.28. The average Bonchev–Trinajstić information content (AvgIpc) is 2.91. The third-order valence-corrected chi connectivity index (χ3v) is 4.14. The Morgan fingerprint density at radius 1 is 1.36 bits per heavy atom. The summed E-state index contributed by atoms with van der Waals surface area (Å²) in [5, 5.41) is 11.1. The highest BCUT2D eigenvalue weighted by molar-refractivity contribution is 6.42. The Bertz CT molecular complexity index is 657. The van der Waals surface area contributed by atoms with Crippen molar-refractivity contribution in [3.8, 4) is 0 Å². The van der Waals surface area contributed by atoms with E-state index in [4.69, 9.17) is 23.2 Å². The first kappa shape index (κ1) is 16.8. The van der Waals surface area contributed by atoms with Crippen molar-refractivity contribution in [1.82, 2.24) is 15.1 Å². The number of nitrogens with one attached hydrogen (secondary N) is 2. The zero-order valence-corrected chi connectivity index (χ0v) is 13.9. The van der Waals surface area contributed by atoms with Gasteiger partial charge in [0.25, 0.3) is 0 Å². The molecule has 5 nitrogen and oxygen atoms in total. The molecule has 2 rings (SSSR count). The molecule has 1 aromatic carbocycles. The Morgan fingerprint density at radius 3 is 2.86 bits per heavy atom. The summed E-state index contributed by atoms with van der Waals surface area (Å²) in [7, 11) is 1.81. The number of benzene rings is 1. The Hall–Kier alpha value is -1.56. The minimum atomic E-state index is -0.136. The molecule has 0 fully saturated rings. The number of anilines is 1. The minimum absolute atomic E-state index is 0.0618. The van der Waals surface area contributed by atoms with Crippen LogP contribution in [0.3, 0.4) is 0 Å². The quantitative estimate of drug-likeness (QED) is 0.849. The number of aromatic nitrogens is 2. The second-order valence-electron chi connectivity index (χ2n) is 5.04. The largest absolute Gasteiger partial charge is 0.319 e. The van der Waals surface area contributed by atoms with Gasteiger partial charge in [-0.2, -0.15) is 5.10 Å². The van der Waals surface area contributed by atoms with Gasteiger partial charge in [0, 0.05) is 18.5 Å². The number of rotatable bonds is 6. The monoisotopic (exact) mass is 340 g/mol. The first-order chi connectivity index (χ1) is 10.5. The van der Waals surface area contributed by atoms with Gasteiger partial charge in [0.1, 0.15) is 5.82 Å². The lowest BCUT2D eigenvalue weighted by Crippen LogP contribution is -2.29. The standard InChI is InChI=1S/C15H18Cl2N4O/c1-10(8-18-2)15(22)20-13-6-7-19-21(13)9-11-4-3-5-12(16)14(11)17/h3-7,10,18H,8-9H2,1-2H3,(H,20,22). The van der Waals surface area contributed by atoms with E-state index in [9.17, 15) is 4.79 Å². The van der Waals surface area contributed by atoms with Crippen LogP contribution in [0.2, 0.25) is 10.0 Å². The molecule has 2 N–H and O–H groups in total. The molecule has 0 aliphatic rings. The number of carbonyl (C=O) groups is 1. The van der Waals surface area contributed by atoms with E-state index in [-0.39, 0.29) is 11.8 Å². The van der Waals surface area contributed by atoms with Crippen LogP contribution in [-0.4, -0.2) is 29.3 Å². The molecule has 118 valence electrons. The van der Waals surface area contributed by atoms with Crippen LogP contribution in [0.15, 0.2) is 30.5 Å². The van der Waals surface area contributed by atoms with Gasteiger partial charge >= 0.3 is 0 Å². The van der Waals surface area contributed by atoms with Crippen LogP contribution in [0.5, 0.6) is 0 Å². The normalized spacial score (nSPS) is 12.2. The Labute approximate surface area is 139 Å². The van der Waals surface area contributed by atoms with Crippen molar-refractivity contribution in [1.29, 1.82) is 0 Å². The van der Waals surface area contributed by atoms with Crippen LogP contribution in [0, 0.1) is 5.92 Å². The van der Waals surface area contributed by atoms with Crippen LogP contribution in [0.4, 0.5) is 5.82 Å². The molecule has 0 saturated carbocycles. The summed E-state index contributed by atoms with van der Waals surface area (Å²) in [6.07, 6.45) is 1.64. The topological polar surface area (TPSA) is 59.0 Å². The predicted molar refractivity (Wildman–Crippen MR) is 89.5 cm³/mol. The number of amides is 1. The molecule has 2 aromatic rings. The summed E-state index contributed by atoms with van der Waals surface area (Å²) in [4.78, 5) is 12.1. The fourth-order valence-corrected chi connectivity index (χ4v) is 2.42. The number of hydrogen-bond donors (Lipinski definition) is 2. The van der Waals surface area contributed by atoms with Crippen LogP contribution in [0.1, 0.15) is 12.5 Å². The molecule has 0 spiro atoms. The van der Waals surface area contributed by atoms with E-state index in [1.54, 1.807) is 23.0 Å². The van der Waals surface area contributed by atoms with E-state index in [1.807, 2.05) is 26.1 Å². The zero-order valence-electron chi connectivity index (χ0n) is 12.4. The molecule has 1 amide bonds. The summed E-state index contributed by atoms with van der Waals surface area (Å²) in [5.74, 6) is 0.431. The van der Waals surface area contributed by atoms with Crippen molar-refractivity contribution in [3.05, 3.63) is 46.1 Å². The van der Waals surface area contributed by atoms with Gasteiger partial charge in [0.15, 0.2) is 0 Å². The molecular formula is C15H18Cl2N4O. The molecule has 0 saturated heterocycles. The fourth-order valence-electron chi connectivity index (χ4n) is 2.05. The zero-order chi connectivity index (χ0) is 16.1. The lowest BCUT2D eigenvalue weighted by molar-refractivity contribution is -0.119. The molecule has 1 heterocycles. The molecule has 22 heavy (non-hydrogen) atoms. The second kappa shape index (κ2) is 7.63. The van der Waals surface area contributed by atoms with Gasteiger partial charge in [-0.15, -0.1) is 0 Å². The SMILES string of the molecule is CNCC(C)C(=O)Nc1ccnn1Cc1cccc(Cl)c1Cl. The van der Waals surface area contributed by atoms with Crippen LogP contribution in [0.25, 0.3) is 0 Å². The smallest absolute Gasteiger partial charge is 0.229 e. The molecule has 0 radical (unpaired) electrons. The first-order valence-corrected chi connectivity index (χ1v) is 7.68. The van der Waals surface area contributed by atoms with Gasteiger partial charge in [0.2, 0.25) is 5.91 Å². The molecule has 7 heteroatoms. The molecule has 0 aliphatic carbocycles. The predicted octanol–water partition coefficient (Wildman–Crippen LogP) is 3.03. The maximum absolute atomic E-state index is 12.1. The molecule has 0 bridgehead atoms. The van der Waals surface area contributed by atoms with E-state index in [2.05, 4.69) is 15.7 Å². The maximum Gasteiger partial charge on any atom is 0.229 e. The maximum atomic E-state index is 12.1. The molecular weight excluding hydrogens is 323 g/mol. The third kappa shape index (κ3) is 4.00. The molecule has 1 unspecified atom stereocenters. The van der Waals surface area contributed by atoms with Crippen LogP contribution < -0.4 is 10.6 Å². The first-order valence-electron chi connectivity index (χ1n) is 6.93. The molecule has 0 aliphatic heterocycles. The highest BCUT2D eigenvalue weighted by atomic mass is 35.5. The Kier molecular flexibility index (Phi) is 5.83. The van der Waals surface area contributed by atoms with Gasteiger partial charge in [-0.25, -0.2) is 4.68 Å². The van der Waals surface area contributed by atoms with E-state index in [0.29, 0.717) is 29.0 Å². The van der Waals surface area contributed by atoms with Gasteiger partial charge < -0.3 is 10.6 Å². The number of halogens is 2. The van der Waals surface area contributed by atoms with Crippen molar-refractivity contribution >= 4 is 34.9 Å². The number of nitrogens with zero attached hydrogens (tertiary/aromatic N) is 2. The van der Waals surface area contributed by atoms with Crippen molar-refractivity contribution in [2.24, 2.45) is 5.92 Å². The van der Waals surface area contributed by atoms with Crippen LogP contribution >= 0.6 is 23.2 Å². The van der Waals surface area contributed by atoms with Gasteiger partial charge in [0.05, 0.1) is 22.8 Å². The number of carbonyl (C=O) groups excluding carboxylic acids is 1. The van der Waals surface area contributed by atoms with Gasteiger partial charge in [-0.3, -0.25) is 4.79 Å². The van der Waals surface area contributed by atoms with E-state index >= 15 is 0 Å². The average molecular weight is 341 g/mol. The van der Waals surface area contributed by atoms with Crippen LogP contribution in [-0.2, 0) is 11.3 Å². The highest BCUT2D eigenvalue weighted by Gasteiger charge is 2.15. The number of hydrogen-bond acceptors (Lipinski definition) is 3. The van der Waals surface area contributed by atoms with Crippen molar-refractivity contribution in [3.63, 3.8) is 0 Å². The van der Waals surface area contributed by atoms with E-state index in [1.165, 1.54) is 0 Å². The summed E-state index contributed by atoms with van der Waals surface area (Å²) in [6, 6.07) is 7.20. The highest BCUT2D eigenvalue weighted by Crippen LogP contribution is 2.26. The van der Waals surface area contributed by atoms with Crippen molar-refractivity contribution < 1.29 is 4.79 Å². The Balaban J connectivity index is 2.13. The summed E-state index contributed by atoms with van der Waals surface area (Å²) in [5.41, 5.74) is 0.844. The summed E-state index contributed by atoms with van der Waals surface area (Å²) in [6.45, 7) is 2.91. The van der Waals surface area contributed by atoms with Gasteiger partial charge in [-0.05, 0) is 18.7 Å². The van der Waals surface area contributed by atoms with E-state index in [0.717, 1.165) is 5.56 Å².